The van der Waals surface area contributed by atoms with Crippen LogP contribution in [-0.2, 0) is 4.79 Å². The van der Waals surface area contributed by atoms with E-state index in [1.54, 1.807) is 6.92 Å². The molecule has 16 heavy (non-hydrogen) atoms. The predicted molar refractivity (Wildman–Crippen MR) is 67.6 cm³/mol. The van der Waals surface area contributed by atoms with Gasteiger partial charge in [0.25, 0.3) is 0 Å². The highest BCUT2D eigenvalue weighted by Crippen LogP contribution is 2.35. The number of likely N-dealkylation sites (tertiary alicyclic amines) is 1. The molecule has 2 rings (SSSR count). The number of fused-ring (bicyclic) bond motifs is 1. The highest BCUT2D eigenvalue weighted by atomic mass is 35.5. The fraction of sp³-hybridized carbons (Fsp3) is 0.917. The second kappa shape index (κ2) is 5.87. The number of halogens is 1. The van der Waals surface area contributed by atoms with Crippen molar-refractivity contribution in [3.05, 3.63) is 0 Å². The van der Waals surface area contributed by atoms with Crippen LogP contribution in [0.5, 0.6) is 0 Å². The fourth-order valence-electron chi connectivity index (χ4n) is 3.16. The minimum absolute atomic E-state index is 0. The van der Waals surface area contributed by atoms with Crippen LogP contribution in [0.25, 0.3) is 0 Å². The van der Waals surface area contributed by atoms with Crippen molar-refractivity contribution < 1.29 is 4.79 Å². The molecule has 0 aromatic rings. The maximum atomic E-state index is 12.0. The van der Waals surface area contributed by atoms with Crippen LogP contribution in [0.15, 0.2) is 0 Å². The van der Waals surface area contributed by atoms with Crippen molar-refractivity contribution in [2.24, 2.45) is 11.7 Å². The molecule has 3 atom stereocenters. The summed E-state index contributed by atoms with van der Waals surface area (Å²) in [5.74, 6) is 0.918. The molecule has 3 nitrogen and oxygen atoms in total. The lowest BCUT2D eigenvalue weighted by atomic mass is 9.78. The van der Waals surface area contributed by atoms with E-state index in [1.807, 2.05) is 0 Å². The van der Waals surface area contributed by atoms with Crippen LogP contribution < -0.4 is 5.73 Å². The van der Waals surface area contributed by atoms with Crippen molar-refractivity contribution >= 4 is 18.3 Å². The number of carbonyl (C=O) groups is 1. The standard InChI is InChI=1S/C12H22N2O.ClH/c1-9(13)12(15)14-8-4-6-10-5-2-3-7-11(10)14;/h9-11H,2-8,13H2,1H3;1H. The van der Waals surface area contributed by atoms with Gasteiger partial charge >= 0.3 is 0 Å². The summed E-state index contributed by atoms with van der Waals surface area (Å²) in [6.45, 7) is 2.73. The van der Waals surface area contributed by atoms with Crippen molar-refractivity contribution in [1.29, 1.82) is 0 Å². The third-order valence-electron chi connectivity index (χ3n) is 3.92. The van der Waals surface area contributed by atoms with E-state index in [4.69, 9.17) is 5.73 Å². The molecule has 1 heterocycles. The predicted octanol–water partition coefficient (Wildman–Crippen LogP) is 1.94. The van der Waals surface area contributed by atoms with Crippen molar-refractivity contribution in [1.82, 2.24) is 4.90 Å². The molecule has 0 radical (unpaired) electrons. The summed E-state index contributed by atoms with van der Waals surface area (Å²) in [7, 11) is 0. The number of piperidine rings is 1. The summed E-state index contributed by atoms with van der Waals surface area (Å²) in [4.78, 5) is 14.0. The zero-order valence-electron chi connectivity index (χ0n) is 10.0. The number of hydrogen-bond donors (Lipinski definition) is 1. The third-order valence-corrected chi connectivity index (χ3v) is 3.92. The molecule has 0 aromatic carbocycles. The van der Waals surface area contributed by atoms with E-state index >= 15 is 0 Å². The van der Waals surface area contributed by atoms with Gasteiger partial charge < -0.3 is 10.6 Å². The third kappa shape index (κ3) is 2.69. The number of nitrogens with two attached hydrogens (primary N) is 1. The van der Waals surface area contributed by atoms with E-state index < -0.39 is 0 Å². The van der Waals surface area contributed by atoms with E-state index in [9.17, 15) is 4.79 Å². The highest BCUT2D eigenvalue weighted by molar-refractivity contribution is 5.85. The van der Waals surface area contributed by atoms with Gasteiger partial charge in [0.05, 0.1) is 6.04 Å². The summed E-state index contributed by atoms with van der Waals surface area (Å²) in [5, 5.41) is 0. The number of amides is 1. The number of rotatable bonds is 1. The van der Waals surface area contributed by atoms with Crippen LogP contribution in [0.2, 0.25) is 0 Å². The zero-order chi connectivity index (χ0) is 10.8. The average molecular weight is 247 g/mol. The van der Waals surface area contributed by atoms with Crippen molar-refractivity contribution in [3.8, 4) is 0 Å². The van der Waals surface area contributed by atoms with Gasteiger partial charge in [-0.15, -0.1) is 12.4 Å². The van der Waals surface area contributed by atoms with Crippen LogP contribution >= 0.6 is 12.4 Å². The Morgan fingerprint density at radius 2 is 1.88 bits per heavy atom. The van der Waals surface area contributed by atoms with Crippen molar-refractivity contribution in [2.75, 3.05) is 6.54 Å². The van der Waals surface area contributed by atoms with Gasteiger partial charge in [0.2, 0.25) is 5.91 Å². The molecule has 2 fully saturated rings. The van der Waals surface area contributed by atoms with Crippen molar-refractivity contribution in [3.63, 3.8) is 0 Å². The van der Waals surface area contributed by atoms with E-state index in [0.717, 1.165) is 12.5 Å². The Balaban J connectivity index is 0.00000128. The summed E-state index contributed by atoms with van der Waals surface area (Å²) in [6.07, 6.45) is 7.62. The molecule has 2 aliphatic rings. The maximum Gasteiger partial charge on any atom is 0.239 e. The Morgan fingerprint density at radius 1 is 1.25 bits per heavy atom. The smallest absolute Gasteiger partial charge is 0.239 e. The second-order valence-corrected chi connectivity index (χ2v) is 5.07. The minimum Gasteiger partial charge on any atom is -0.338 e. The Morgan fingerprint density at radius 3 is 2.56 bits per heavy atom. The van der Waals surface area contributed by atoms with Gasteiger partial charge in [-0.25, -0.2) is 0 Å². The average Bonchev–Trinajstić information content (AvgIpc) is 2.27. The first-order chi connectivity index (χ1) is 7.20. The number of nitrogens with zero attached hydrogens (tertiary/aromatic N) is 1. The molecule has 0 bridgehead atoms. The van der Waals surface area contributed by atoms with Crippen molar-refractivity contribution in [2.45, 2.75) is 57.5 Å². The topological polar surface area (TPSA) is 46.3 Å². The molecule has 1 aliphatic carbocycles. The lowest BCUT2D eigenvalue weighted by molar-refractivity contribution is -0.138. The quantitative estimate of drug-likeness (QED) is 0.769. The van der Waals surface area contributed by atoms with Gasteiger partial charge in [0, 0.05) is 12.6 Å². The molecule has 94 valence electrons. The maximum absolute atomic E-state index is 12.0. The molecule has 1 saturated carbocycles. The van der Waals surface area contributed by atoms with Gasteiger partial charge in [-0.1, -0.05) is 12.8 Å². The zero-order valence-corrected chi connectivity index (χ0v) is 10.8. The Hall–Kier alpha value is -0.280. The molecule has 0 spiro atoms. The lowest BCUT2D eigenvalue weighted by Crippen LogP contribution is -2.53. The first-order valence-electron chi connectivity index (χ1n) is 6.26. The summed E-state index contributed by atoms with van der Waals surface area (Å²) < 4.78 is 0. The van der Waals surface area contributed by atoms with Crippen LogP contribution in [-0.4, -0.2) is 29.4 Å². The minimum atomic E-state index is -0.328. The lowest BCUT2D eigenvalue weighted by Gasteiger charge is -2.44. The molecule has 3 unspecified atom stereocenters. The molecular weight excluding hydrogens is 224 g/mol. The molecule has 4 heteroatoms. The van der Waals surface area contributed by atoms with Crippen LogP contribution in [0.1, 0.15) is 45.4 Å². The second-order valence-electron chi connectivity index (χ2n) is 5.07. The summed E-state index contributed by atoms with van der Waals surface area (Å²) in [5.41, 5.74) is 5.70. The van der Waals surface area contributed by atoms with Gasteiger partial charge in [-0.05, 0) is 38.5 Å². The summed E-state index contributed by atoms with van der Waals surface area (Å²) >= 11 is 0. The SMILES string of the molecule is CC(N)C(=O)N1CCCC2CCCCC21.Cl. The molecule has 1 amide bonds. The summed E-state index contributed by atoms with van der Waals surface area (Å²) in [6, 6.07) is 0.177. The first kappa shape index (κ1) is 13.8. The molecule has 2 N–H and O–H groups in total. The molecular formula is C12H23ClN2O. The number of hydrogen-bond acceptors (Lipinski definition) is 2. The van der Waals surface area contributed by atoms with E-state index in [-0.39, 0.29) is 24.4 Å². The van der Waals surface area contributed by atoms with Crippen LogP contribution in [0, 0.1) is 5.92 Å². The Labute approximate surface area is 104 Å². The first-order valence-corrected chi connectivity index (χ1v) is 6.26. The van der Waals surface area contributed by atoms with Crippen LogP contribution in [0.4, 0.5) is 0 Å². The number of carbonyl (C=O) groups excluding carboxylic acids is 1. The molecule has 1 saturated heterocycles. The van der Waals surface area contributed by atoms with Gasteiger partial charge in [-0.3, -0.25) is 4.79 Å². The normalized spacial score (nSPS) is 31.2. The van der Waals surface area contributed by atoms with Crippen LogP contribution in [0.3, 0.4) is 0 Å². The monoisotopic (exact) mass is 246 g/mol. The van der Waals surface area contributed by atoms with E-state index in [1.165, 1.54) is 38.5 Å². The van der Waals surface area contributed by atoms with E-state index in [2.05, 4.69) is 4.90 Å². The van der Waals surface area contributed by atoms with Gasteiger partial charge in [0.1, 0.15) is 0 Å². The van der Waals surface area contributed by atoms with Gasteiger partial charge in [-0.2, -0.15) is 0 Å². The van der Waals surface area contributed by atoms with E-state index in [0.29, 0.717) is 6.04 Å². The van der Waals surface area contributed by atoms with Gasteiger partial charge in [0.15, 0.2) is 0 Å². The molecule has 0 aromatic heterocycles. The Kier molecular flexibility index (Phi) is 5.06. The fourth-order valence-corrected chi connectivity index (χ4v) is 3.16. The highest BCUT2D eigenvalue weighted by Gasteiger charge is 2.36. The Bertz CT molecular complexity index is 243. The largest absolute Gasteiger partial charge is 0.338 e. The molecule has 1 aliphatic heterocycles.